The molecule has 2 aliphatic rings. The van der Waals surface area contributed by atoms with E-state index in [1.54, 1.807) is 11.3 Å². The molecule has 2 heterocycles. The molecular weight excluding hydrogens is 288 g/mol. The lowest BCUT2D eigenvalue weighted by atomic mass is 10.0. The topological polar surface area (TPSA) is 69.6 Å². The molecule has 3 atom stereocenters. The van der Waals surface area contributed by atoms with Crippen molar-refractivity contribution in [1.29, 1.82) is 0 Å². The molecule has 1 fully saturated rings. The zero-order chi connectivity index (χ0) is 15.0. The lowest BCUT2D eigenvalue weighted by Gasteiger charge is -2.34. The molecule has 5 nitrogen and oxygen atoms in total. The molecule has 1 aromatic rings. The molecule has 0 bridgehead atoms. The van der Waals surface area contributed by atoms with Gasteiger partial charge in [0.25, 0.3) is 0 Å². The third-order valence-electron chi connectivity index (χ3n) is 4.65. The normalized spacial score (nSPS) is 28.2. The fourth-order valence-corrected chi connectivity index (χ4v) is 4.34. The zero-order valence-corrected chi connectivity index (χ0v) is 12.9. The van der Waals surface area contributed by atoms with Crippen LogP contribution in [-0.2, 0) is 11.2 Å². The number of nitrogens with one attached hydrogen (secondary N) is 1. The second-order valence-corrected chi connectivity index (χ2v) is 6.91. The quantitative estimate of drug-likeness (QED) is 0.882. The summed E-state index contributed by atoms with van der Waals surface area (Å²) in [6, 6.07) is 2.13. The van der Waals surface area contributed by atoms with Gasteiger partial charge in [0.05, 0.1) is 12.0 Å². The number of hydrogen-bond donors (Lipinski definition) is 2. The summed E-state index contributed by atoms with van der Waals surface area (Å²) >= 11 is 1.76. The molecule has 1 unspecified atom stereocenters. The van der Waals surface area contributed by atoms with Crippen molar-refractivity contribution in [2.75, 3.05) is 6.54 Å². The van der Waals surface area contributed by atoms with Gasteiger partial charge < -0.3 is 15.3 Å². The van der Waals surface area contributed by atoms with Crippen molar-refractivity contribution in [3.8, 4) is 0 Å². The van der Waals surface area contributed by atoms with E-state index < -0.39 is 5.97 Å². The Morgan fingerprint density at radius 2 is 2.24 bits per heavy atom. The van der Waals surface area contributed by atoms with Gasteiger partial charge in [-0.05, 0) is 49.6 Å². The summed E-state index contributed by atoms with van der Waals surface area (Å²) in [5, 5.41) is 14.1. The Bertz CT molecular complexity index is 557. The van der Waals surface area contributed by atoms with E-state index in [1.165, 1.54) is 10.4 Å². The number of aliphatic carboxylic acids is 1. The van der Waals surface area contributed by atoms with Crippen molar-refractivity contribution in [1.82, 2.24) is 10.2 Å². The van der Waals surface area contributed by atoms with Gasteiger partial charge in [-0.25, -0.2) is 4.79 Å². The summed E-state index contributed by atoms with van der Waals surface area (Å²) in [6.45, 7) is 2.79. The van der Waals surface area contributed by atoms with E-state index in [-0.39, 0.29) is 24.0 Å². The molecule has 1 saturated carbocycles. The van der Waals surface area contributed by atoms with Crippen molar-refractivity contribution < 1.29 is 14.7 Å². The molecule has 21 heavy (non-hydrogen) atoms. The number of urea groups is 1. The first-order valence-corrected chi connectivity index (χ1v) is 8.30. The number of nitrogens with zero attached hydrogens (tertiary/aromatic N) is 1. The first-order chi connectivity index (χ1) is 10.1. The second-order valence-electron chi connectivity index (χ2n) is 5.91. The van der Waals surface area contributed by atoms with Crippen LogP contribution in [0.4, 0.5) is 4.79 Å². The van der Waals surface area contributed by atoms with E-state index in [0.29, 0.717) is 12.8 Å². The van der Waals surface area contributed by atoms with Crippen LogP contribution in [0, 0.1) is 5.92 Å². The maximum Gasteiger partial charge on any atom is 0.318 e. The minimum atomic E-state index is -0.749. The molecule has 1 aliphatic heterocycles. The van der Waals surface area contributed by atoms with Gasteiger partial charge in [0, 0.05) is 17.5 Å². The van der Waals surface area contributed by atoms with Gasteiger partial charge in [0.15, 0.2) is 0 Å². The maximum atomic E-state index is 12.4. The third kappa shape index (κ3) is 2.77. The highest BCUT2D eigenvalue weighted by Gasteiger charge is 2.33. The Morgan fingerprint density at radius 1 is 1.43 bits per heavy atom. The van der Waals surface area contributed by atoms with Gasteiger partial charge >= 0.3 is 12.0 Å². The van der Waals surface area contributed by atoms with Crippen molar-refractivity contribution in [2.24, 2.45) is 5.92 Å². The van der Waals surface area contributed by atoms with Crippen LogP contribution in [-0.4, -0.2) is 34.6 Å². The van der Waals surface area contributed by atoms with Crippen LogP contribution < -0.4 is 5.32 Å². The number of carboxylic acid groups (broad SMARTS) is 1. The van der Waals surface area contributed by atoms with Crippen LogP contribution in [0.2, 0.25) is 0 Å². The van der Waals surface area contributed by atoms with Gasteiger partial charge in [-0.3, -0.25) is 4.79 Å². The summed E-state index contributed by atoms with van der Waals surface area (Å²) in [4.78, 5) is 26.7. The van der Waals surface area contributed by atoms with Gasteiger partial charge in [-0.1, -0.05) is 0 Å². The SMILES string of the molecule is CC1c2ccsc2CCN1C(=O)N[C@H]1CC[C@@H](C(=O)O)C1. The summed E-state index contributed by atoms with van der Waals surface area (Å²) in [7, 11) is 0. The molecule has 0 spiro atoms. The second kappa shape index (κ2) is 5.67. The monoisotopic (exact) mass is 308 g/mol. The Morgan fingerprint density at radius 3 is 2.95 bits per heavy atom. The number of carboxylic acids is 1. The maximum absolute atomic E-state index is 12.4. The van der Waals surface area contributed by atoms with Crippen LogP contribution in [0.5, 0.6) is 0 Å². The van der Waals surface area contributed by atoms with Crippen LogP contribution >= 0.6 is 11.3 Å². The first-order valence-electron chi connectivity index (χ1n) is 7.42. The van der Waals surface area contributed by atoms with Crippen molar-refractivity contribution in [3.63, 3.8) is 0 Å². The van der Waals surface area contributed by atoms with Crippen molar-refractivity contribution in [2.45, 2.75) is 44.7 Å². The largest absolute Gasteiger partial charge is 0.481 e. The molecule has 114 valence electrons. The molecule has 1 aromatic heterocycles. The highest BCUT2D eigenvalue weighted by Crippen LogP contribution is 2.33. The van der Waals surface area contributed by atoms with E-state index >= 15 is 0 Å². The number of rotatable bonds is 2. The summed E-state index contributed by atoms with van der Waals surface area (Å²) in [5.41, 5.74) is 1.25. The standard InChI is InChI=1S/C15H20N2O3S/c1-9-12-5-7-21-13(12)4-6-17(9)15(20)16-11-3-2-10(8-11)14(18)19/h5,7,9-11H,2-4,6,8H2,1H3,(H,16,20)(H,18,19)/t9?,10-,11+/m1/s1. The molecule has 2 N–H and O–H groups in total. The lowest BCUT2D eigenvalue weighted by Crippen LogP contribution is -2.47. The van der Waals surface area contributed by atoms with E-state index in [2.05, 4.69) is 23.7 Å². The number of thiophene rings is 1. The highest BCUT2D eigenvalue weighted by atomic mass is 32.1. The predicted molar refractivity (Wildman–Crippen MR) is 80.4 cm³/mol. The molecular formula is C15H20N2O3S. The molecule has 0 saturated heterocycles. The Kier molecular flexibility index (Phi) is 3.89. The fourth-order valence-electron chi connectivity index (χ4n) is 3.38. The number of carbonyl (C=O) groups excluding carboxylic acids is 1. The third-order valence-corrected chi connectivity index (χ3v) is 5.64. The van der Waals surface area contributed by atoms with Gasteiger partial charge in [0.1, 0.15) is 0 Å². The van der Waals surface area contributed by atoms with E-state index in [4.69, 9.17) is 5.11 Å². The average Bonchev–Trinajstić information content (AvgIpc) is 3.07. The Balaban J connectivity index is 1.61. The van der Waals surface area contributed by atoms with Crippen molar-refractivity contribution >= 4 is 23.3 Å². The summed E-state index contributed by atoms with van der Waals surface area (Å²) in [6.07, 6.45) is 2.87. The van der Waals surface area contributed by atoms with Gasteiger partial charge in [-0.15, -0.1) is 11.3 Å². The fraction of sp³-hybridized carbons (Fsp3) is 0.600. The molecule has 0 aromatic carbocycles. The lowest BCUT2D eigenvalue weighted by molar-refractivity contribution is -0.141. The summed E-state index contributed by atoms with van der Waals surface area (Å²) < 4.78 is 0. The average molecular weight is 308 g/mol. The van der Waals surface area contributed by atoms with Crippen LogP contribution in [0.1, 0.15) is 42.7 Å². The Labute approximate surface area is 128 Å². The van der Waals surface area contributed by atoms with Crippen molar-refractivity contribution in [3.05, 3.63) is 21.9 Å². The molecule has 2 amide bonds. The van der Waals surface area contributed by atoms with Crippen LogP contribution in [0.15, 0.2) is 11.4 Å². The number of fused-ring (bicyclic) bond motifs is 1. The minimum Gasteiger partial charge on any atom is -0.481 e. The molecule has 0 radical (unpaired) electrons. The van der Waals surface area contributed by atoms with E-state index in [1.807, 2.05) is 4.90 Å². The Hall–Kier alpha value is -1.56. The van der Waals surface area contributed by atoms with Gasteiger partial charge in [-0.2, -0.15) is 0 Å². The molecule has 1 aliphatic carbocycles. The van der Waals surface area contributed by atoms with Gasteiger partial charge in [0.2, 0.25) is 0 Å². The van der Waals surface area contributed by atoms with Crippen LogP contribution in [0.3, 0.4) is 0 Å². The number of carbonyl (C=O) groups is 2. The predicted octanol–water partition coefficient (Wildman–Crippen LogP) is 2.63. The number of amides is 2. The smallest absolute Gasteiger partial charge is 0.318 e. The highest BCUT2D eigenvalue weighted by molar-refractivity contribution is 7.10. The molecule has 6 heteroatoms. The molecule has 3 rings (SSSR count). The van der Waals surface area contributed by atoms with E-state index in [9.17, 15) is 9.59 Å². The zero-order valence-electron chi connectivity index (χ0n) is 12.0. The minimum absolute atomic E-state index is 0.00493. The summed E-state index contributed by atoms with van der Waals surface area (Å²) in [5.74, 6) is -1.06. The number of hydrogen-bond acceptors (Lipinski definition) is 3. The van der Waals surface area contributed by atoms with E-state index in [0.717, 1.165) is 19.4 Å². The van der Waals surface area contributed by atoms with Crippen LogP contribution in [0.25, 0.3) is 0 Å². The first kappa shape index (κ1) is 14.4.